The second-order valence-electron chi connectivity index (χ2n) is 9.49. The molecular formula is C29H37F2NO4. The van der Waals surface area contributed by atoms with Gasteiger partial charge in [-0.2, -0.15) is 0 Å². The molecule has 2 aromatic rings. The predicted molar refractivity (Wildman–Crippen MR) is 137 cm³/mol. The van der Waals surface area contributed by atoms with Crippen molar-refractivity contribution < 1.29 is 28.2 Å². The molecule has 1 aliphatic heterocycles. The number of halogens is 2. The van der Waals surface area contributed by atoms with E-state index in [-0.39, 0.29) is 30.6 Å². The van der Waals surface area contributed by atoms with Crippen LogP contribution in [-0.4, -0.2) is 54.4 Å². The average molecular weight is 502 g/mol. The molecule has 3 rings (SSSR count). The van der Waals surface area contributed by atoms with E-state index in [4.69, 9.17) is 9.47 Å². The molecule has 0 spiro atoms. The molecule has 3 atom stereocenters. The van der Waals surface area contributed by atoms with Crippen molar-refractivity contribution in [3.8, 4) is 0 Å². The third kappa shape index (κ3) is 7.45. The van der Waals surface area contributed by atoms with E-state index >= 15 is 0 Å². The molecule has 0 radical (unpaired) electrons. The van der Waals surface area contributed by atoms with Crippen molar-refractivity contribution in [2.24, 2.45) is 0 Å². The van der Waals surface area contributed by atoms with Crippen LogP contribution in [0.2, 0.25) is 0 Å². The highest BCUT2D eigenvalue weighted by Crippen LogP contribution is 2.28. The molecular weight excluding hydrogens is 464 g/mol. The lowest BCUT2D eigenvalue weighted by Gasteiger charge is -2.27. The first-order valence-corrected chi connectivity index (χ1v) is 12.6. The van der Waals surface area contributed by atoms with Crippen LogP contribution < -0.4 is 0 Å². The molecule has 1 fully saturated rings. The Bertz CT molecular complexity index is 1070. The Hall–Kier alpha value is -2.61. The number of rotatable bonds is 11. The highest BCUT2D eigenvalue weighted by atomic mass is 19.1. The zero-order valence-electron chi connectivity index (χ0n) is 21.6. The number of ether oxygens (including phenoxy) is 2. The zero-order valence-corrected chi connectivity index (χ0v) is 21.6. The van der Waals surface area contributed by atoms with E-state index in [1.165, 1.54) is 12.2 Å². The van der Waals surface area contributed by atoms with Crippen molar-refractivity contribution in [3.05, 3.63) is 75.9 Å². The van der Waals surface area contributed by atoms with Crippen molar-refractivity contribution in [1.82, 2.24) is 4.90 Å². The summed E-state index contributed by atoms with van der Waals surface area (Å²) in [5, 5.41) is 10.7. The Balaban J connectivity index is 1.59. The molecule has 0 saturated carbocycles. The number of aliphatic hydroxyl groups excluding tert-OH is 1. The Labute approximate surface area is 212 Å². The molecule has 0 aliphatic carbocycles. The number of nitrogens with zero attached hydrogens (tertiary/aromatic N) is 1. The topological polar surface area (TPSA) is 59.0 Å². The maximum Gasteiger partial charge on any atom is 0.330 e. The highest BCUT2D eigenvalue weighted by Gasteiger charge is 2.27. The SMILES string of the molecule is CCOC(=O)C=Cc1c([C@@H](C)OC[C@H](O)CN2CCC[C@H]2Cc2ccc(C)c(F)c2)ccc(C)c1F. The lowest BCUT2D eigenvalue weighted by Crippen LogP contribution is -2.39. The number of benzene rings is 2. The maximum absolute atomic E-state index is 14.9. The van der Waals surface area contributed by atoms with Gasteiger partial charge in [-0.15, -0.1) is 0 Å². The number of hydrogen-bond acceptors (Lipinski definition) is 5. The van der Waals surface area contributed by atoms with Crippen molar-refractivity contribution in [2.45, 2.75) is 65.2 Å². The number of carbonyl (C=O) groups is 1. The molecule has 36 heavy (non-hydrogen) atoms. The minimum absolute atomic E-state index is 0.0834. The van der Waals surface area contributed by atoms with Crippen LogP contribution in [0.1, 0.15) is 60.6 Å². The lowest BCUT2D eigenvalue weighted by molar-refractivity contribution is -0.137. The van der Waals surface area contributed by atoms with Gasteiger partial charge in [-0.3, -0.25) is 4.90 Å². The van der Waals surface area contributed by atoms with Gasteiger partial charge in [0.25, 0.3) is 0 Å². The van der Waals surface area contributed by atoms with E-state index in [0.717, 1.165) is 31.4 Å². The molecule has 1 saturated heterocycles. The lowest BCUT2D eigenvalue weighted by atomic mass is 9.99. The van der Waals surface area contributed by atoms with E-state index in [0.29, 0.717) is 23.2 Å². The predicted octanol–water partition coefficient (Wildman–Crippen LogP) is 5.30. The molecule has 0 amide bonds. The Morgan fingerprint density at radius 2 is 1.97 bits per heavy atom. The summed E-state index contributed by atoms with van der Waals surface area (Å²) in [5.74, 6) is -1.15. The molecule has 1 aliphatic rings. The van der Waals surface area contributed by atoms with Gasteiger partial charge in [0.1, 0.15) is 11.6 Å². The van der Waals surface area contributed by atoms with Crippen LogP contribution in [0, 0.1) is 25.5 Å². The molecule has 1 heterocycles. The second-order valence-corrected chi connectivity index (χ2v) is 9.49. The van der Waals surface area contributed by atoms with Gasteiger partial charge in [-0.05, 0) is 87.9 Å². The normalized spacial score (nSPS) is 18.0. The smallest absolute Gasteiger partial charge is 0.330 e. The van der Waals surface area contributed by atoms with Gasteiger partial charge >= 0.3 is 5.97 Å². The van der Waals surface area contributed by atoms with E-state index in [9.17, 15) is 18.7 Å². The minimum Gasteiger partial charge on any atom is -0.463 e. The summed E-state index contributed by atoms with van der Waals surface area (Å²) < 4.78 is 39.6. The number of hydrogen-bond donors (Lipinski definition) is 1. The van der Waals surface area contributed by atoms with Gasteiger partial charge in [-0.25, -0.2) is 13.6 Å². The standard InChI is InChI=1S/C29H37F2NO4/c1-5-35-28(34)13-12-26-25(11-9-20(3)29(26)31)21(4)36-18-24(33)17-32-14-6-7-23(32)15-22-10-8-19(2)27(30)16-22/h8-13,16,21,23-24,33H,5-7,14-15,17-18H2,1-4H3/t21-,23+,24-/m1/s1. The van der Waals surface area contributed by atoms with E-state index in [1.807, 2.05) is 6.07 Å². The molecule has 5 nitrogen and oxygen atoms in total. The number of likely N-dealkylation sites (tertiary alicyclic amines) is 1. The summed E-state index contributed by atoms with van der Waals surface area (Å²) in [6, 6.07) is 9.05. The number of carbonyl (C=O) groups excluding carboxylic acids is 1. The molecule has 0 bridgehead atoms. The summed E-state index contributed by atoms with van der Waals surface area (Å²) in [6.45, 7) is 8.56. The molecule has 1 N–H and O–H groups in total. The van der Waals surface area contributed by atoms with Crippen molar-refractivity contribution in [3.63, 3.8) is 0 Å². The van der Waals surface area contributed by atoms with Crippen LogP contribution in [0.3, 0.4) is 0 Å². The van der Waals surface area contributed by atoms with Gasteiger partial charge in [0, 0.05) is 24.2 Å². The van der Waals surface area contributed by atoms with E-state index in [2.05, 4.69) is 4.90 Å². The van der Waals surface area contributed by atoms with E-state index in [1.54, 1.807) is 52.0 Å². The van der Waals surface area contributed by atoms with Gasteiger partial charge in [0.2, 0.25) is 0 Å². The zero-order chi connectivity index (χ0) is 26.2. The van der Waals surface area contributed by atoms with Crippen molar-refractivity contribution in [2.75, 3.05) is 26.3 Å². The molecule has 196 valence electrons. The first-order valence-electron chi connectivity index (χ1n) is 12.6. The van der Waals surface area contributed by atoms with Crippen LogP contribution in [0.5, 0.6) is 0 Å². The number of aliphatic hydroxyl groups is 1. The van der Waals surface area contributed by atoms with Crippen LogP contribution in [0.15, 0.2) is 36.4 Å². The van der Waals surface area contributed by atoms with Crippen molar-refractivity contribution >= 4 is 12.0 Å². The molecule has 0 aromatic heterocycles. The summed E-state index contributed by atoms with van der Waals surface area (Å²) >= 11 is 0. The molecule has 7 heteroatoms. The van der Waals surface area contributed by atoms with E-state index < -0.39 is 24.0 Å². The molecule has 0 unspecified atom stereocenters. The van der Waals surface area contributed by atoms with Crippen molar-refractivity contribution in [1.29, 1.82) is 0 Å². The van der Waals surface area contributed by atoms with Crippen LogP contribution >= 0.6 is 0 Å². The molecule has 2 aromatic carbocycles. The summed E-state index contributed by atoms with van der Waals surface area (Å²) in [5.41, 5.74) is 2.92. The Morgan fingerprint density at radius 3 is 2.69 bits per heavy atom. The fraction of sp³-hybridized carbons (Fsp3) is 0.483. The number of β-amino-alcohol motifs (C(OH)–C–C–N with tert-alkyl or cyclic N) is 1. The average Bonchev–Trinajstić information content (AvgIpc) is 3.27. The summed E-state index contributed by atoms with van der Waals surface area (Å²) in [4.78, 5) is 14.0. The number of esters is 1. The Morgan fingerprint density at radius 1 is 1.22 bits per heavy atom. The van der Waals surface area contributed by atoms with Crippen LogP contribution in [0.4, 0.5) is 8.78 Å². The van der Waals surface area contributed by atoms with Gasteiger partial charge in [0.05, 0.1) is 25.4 Å². The largest absolute Gasteiger partial charge is 0.463 e. The third-order valence-electron chi connectivity index (χ3n) is 6.71. The third-order valence-corrected chi connectivity index (χ3v) is 6.71. The highest BCUT2D eigenvalue weighted by molar-refractivity contribution is 5.87. The van der Waals surface area contributed by atoms with Crippen LogP contribution in [0.25, 0.3) is 6.08 Å². The Kier molecular flexibility index (Phi) is 10.2. The summed E-state index contributed by atoms with van der Waals surface area (Å²) in [7, 11) is 0. The monoisotopic (exact) mass is 501 g/mol. The number of aryl methyl sites for hydroxylation is 2. The quantitative estimate of drug-likeness (QED) is 0.334. The first kappa shape index (κ1) is 28.0. The fourth-order valence-corrected chi connectivity index (χ4v) is 4.65. The maximum atomic E-state index is 14.9. The van der Waals surface area contributed by atoms with Gasteiger partial charge in [-0.1, -0.05) is 24.3 Å². The first-order chi connectivity index (χ1) is 17.2. The second kappa shape index (κ2) is 13.1. The summed E-state index contributed by atoms with van der Waals surface area (Å²) in [6.07, 6.45) is 4.16. The van der Waals surface area contributed by atoms with Gasteiger partial charge < -0.3 is 14.6 Å². The fourth-order valence-electron chi connectivity index (χ4n) is 4.65. The van der Waals surface area contributed by atoms with Crippen LogP contribution in [-0.2, 0) is 20.7 Å². The van der Waals surface area contributed by atoms with Gasteiger partial charge in [0.15, 0.2) is 0 Å². The minimum atomic E-state index is -0.725.